The average Bonchev–Trinajstić information content (AvgIpc) is 2.96. The Hall–Kier alpha value is -1.16. The van der Waals surface area contributed by atoms with Gasteiger partial charge in [0.1, 0.15) is 12.2 Å². The normalized spacial score (nSPS) is 30.3. The number of aromatic nitrogens is 3. The van der Waals surface area contributed by atoms with Gasteiger partial charge in [-0.1, -0.05) is 25.0 Å². The van der Waals surface area contributed by atoms with Crippen molar-refractivity contribution in [3.63, 3.8) is 0 Å². The molecule has 0 spiro atoms. The smallest absolute Gasteiger partial charge is 0.140 e. The molecule has 1 heterocycles. The Morgan fingerprint density at radius 3 is 2.75 bits per heavy atom. The van der Waals surface area contributed by atoms with Gasteiger partial charge in [-0.15, -0.1) is 10.2 Å². The van der Waals surface area contributed by atoms with Gasteiger partial charge >= 0.3 is 0 Å². The lowest BCUT2D eigenvalue weighted by Crippen LogP contribution is -2.17. The summed E-state index contributed by atoms with van der Waals surface area (Å²) < 4.78 is 2.28. The zero-order valence-electron chi connectivity index (χ0n) is 9.42. The van der Waals surface area contributed by atoms with Crippen LogP contribution in [0.3, 0.4) is 0 Å². The van der Waals surface area contributed by atoms with E-state index in [0.29, 0.717) is 12.0 Å². The molecule has 2 N–H and O–H groups in total. The molecule has 0 saturated heterocycles. The molecule has 0 aliphatic heterocycles. The lowest BCUT2D eigenvalue weighted by molar-refractivity contribution is 0.483. The maximum absolute atomic E-state index is 5.89. The predicted octanol–water partition coefficient (Wildman–Crippen LogP) is 1.76. The number of nitrogens with zero attached hydrogens (tertiary/aromatic N) is 3. The minimum atomic E-state index is 0.193. The van der Waals surface area contributed by atoms with Crippen LogP contribution in [0.25, 0.3) is 0 Å². The van der Waals surface area contributed by atoms with Crippen molar-refractivity contribution < 1.29 is 0 Å². The fraction of sp³-hybridized carbons (Fsp3) is 0.667. The van der Waals surface area contributed by atoms with Crippen molar-refractivity contribution in [1.29, 1.82) is 0 Å². The fourth-order valence-electron chi connectivity index (χ4n) is 2.90. The molecular formula is C12H18N4. The van der Waals surface area contributed by atoms with E-state index in [1.54, 1.807) is 0 Å². The molecule has 1 fully saturated rings. The Morgan fingerprint density at radius 2 is 2.06 bits per heavy atom. The molecule has 16 heavy (non-hydrogen) atoms. The van der Waals surface area contributed by atoms with Crippen LogP contribution in [0.15, 0.2) is 18.5 Å². The molecule has 2 aliphatic carbocycles. The Balaban J connectivity index is 1.84. The molecule has 1 aromatic rings. The molecule has 86 valence electrons. The van der Waals surface area contributed by atoms with E-state index in [2.05, 4.69) is 26.9 Å². The number of nitrogens with two attached hydrogens (primary N) is 1. The highest BCUT2D eigenvalue weighted by molar-refractivity contribution is 5.17. The molecule has 0 radical (unpaired) electrons. The van der Waals surface area contributed by atoms with Gasteiger partial charge < -0.3 is 10.3 Å². The van der Waals surface area contributed by atoms with E-state index in [1.165, 1.54) is 25.7 Å². The van der Waals surface area contributed by atoms with Gasteiger partial charge in [-0.3, -0.25) is 0 Å². The first-order valence-electron chi connectivity index (χ1n) is 6.18. The van der Waals surface area contributed by atoms with E-state index < -0.39 is 0 Å². The lowest BCUT2D eigenvalue weighted by Gasteiger charge is -2.16. The zero-order chi connectivity index (χ0) is 11.0. The van der Waals surface area contributed by atoms with E-state index in [0.717, 1.165) is 12.2 Å². The highest BCUT2D eigenvalue weighted by atomic mass is 15.3. The first kappa shape index (κ1) is 10.0. The maximum atomic E-state index is 5.89. The Kier molecular flexibility index (Phi) is 2.52. The largest absolute Gasteiger partial charge is 0.324 e. The third-order valence-corrected chi connectivity index (χ3v) is 3.77. The van der Waals surface area contributed by atoms with Crippen LogP contribution >= 0.6 is 0 Å². The summed E-state index contributed by atoms with van der Waals surface area (Å²) in [6.07, 6.45) is 12.3. The van der Waals surface area contributed by atoms with Crippen LogP contribution in [-0.2, 0) is 0 Å². The van der Waals surface area contributed by atoms with Crippen LogP contribution in [0.2, 0.25) is 0 Å². The van der Waals surface area contributed by atoms with Crippen LogP contribution in [-0.4, -0.2) is 20.8 Å². The molecule has 2 unspecified atom stereocenters. The van der Waals surface area contributed by atoms with Gasteiger partial charge in [-0.25, -0.2) is 0 Å². The topological polar surface area (TPSA) is 56.7 Å². The number of rotatable bonds is 2. The Labute approximate surface area is 95.5 Å². The summed E-state index contributed by atoms with van der Waals surface area (Å²) in [4.78, 5) is 0. The molecular weight excluding hydrogens is 200 g/mol. The van der Waals surface area contributed by atoms with Crippen molar-refractivity contribution in [1.82, 2.24) is 14.8 Å². The quantitative estimate of drug-likeness (QED) is 0.770. The van der Waals surface area contributed by atoms with Gasteiger partial charge in [0.25, 0.3) is 0 Å². The van der Waals surface area contributed by atoms with Gasteiger partial charge in [0.15, 0.2) is 0 Å². The van der Waals surface area contributed by atoms with Crippen molar-refractivity contribution in [3.8, 4) is 0 Å². The van der Waals surface area contributed by atoms with E-state index in [4.69, 9.17) is 5.73 Å². The second-order valence-corrected chi connectivity index (χ2v) is 4.93. The first-order valence-corrected chi connectivity index (χ1v) is 6.18. The highest BCUT2D eigenvalue weighted by Crippen LogP contribution is 2.34. The predicted molar refractivity (Wildman–Crippen MR) is 62.0 cm³/mol. The van der Waals surface area contributed by atoms with E-state index >= 15 is 0 Å². The summed E-state index contributed by atoms with van der Waals surface area (Å²) in [5, 5.41) is 8.36. The third-order valence-electron chi connectivity index (χ3n) is 3.77. The zero-order valence-corrected chi connectivity index (χ0v) is 9.42. The van der Waals surface area contributed by atoms with E-state index in [1.807, 2.05) is 6.33 Å². The highest BCUT2D eigenvalue weighted by Gasteiger charge is 2.26. The summed E-state index contributed by atoms with van der Waals surface area (Å²) in [6, 6.07) is 0.814. The molecule has 1 saturated carbocycles. The van der Waals surface area contributed by atoms with Crippen LogP contribution in [0.5, 0.6) is 0 Å². The summed E-state index contributed by atoms with van der Waals surface area (Å²) >= 11 is 0. The molecule has 1 aromatic heterocycles. The standard InChI is InChI=1S/C12H18N4/c13-10-6-5-9(7-10)12-15-14-8-16(12)11-3-1-2-4-11/h5-6,8-11H,1-4,7,13H2. The third kappa shape index (κ3) is 1.67. The van der Waals surface area contributed by atoms with Gasteiger partial charge in [0.05, 0.1) is 0 Å². The van der Waals surface area contributed by atoms with Crippen molar-refractivity contribution >= 4 is 0 Å². The fourth-order valence-corrected chi connectivity index (χ4v) is 2.90. The average molecular weight is 218 g/mol. The summed E-state index contributed by atoms with van der Waals surface area (Å²) in [5.74, 6) is 1.48. The second-order valence-electron chi connectivity index (χ2n) is 4.93. The monoisotopic (exact) mass is 218 g/mol. The first-order chi connectivity index (χ1) is 7.84. The Morgan fingerprint density at radius 1 is 1.25 bits per heavy atom. The van der Waals surface area contributed by atoms with E-state index in [9.17, 15) is 0 Å². The van der Waals surface area contributed by atoms with Crippen LogP contribution in [0, 0.1) is 0 Å². The minimum Gasteiger partial charge on any atom is -0.324 e. The molecule has 2 aliphatic rings. The van der Waals surface area contributed by atoms with Crippen molar-refractivity contribution in [2.45, 2.75) is 50.1 Å². The molecule has 0 amide bonds. The van der Waals surface area contributed by atoms with Gasteiger partial charge in [-0.2, -0.15) is 0 Å². The van der Waals surface area contributed by atoms with Crippen molar-refractivity contribution in [2.75, 3.05) is 0 Å². The molecule has 0 bridgehead atoms. The number of hydrogen-bond donors (Lipinski definition) is 1. The SMILES string of the molecule is NC1C=CC(c2nncn2C2CCCC2)C1. The van der Waals surface area contributed by atoms with Gasteiger partial charge in [0.2, 0.25) is 0 Å². The molecule has 4 nitrogen and oxygen atoms in total. The van der Waals surface area contributed by atoms with Gasteiger partial charge in [-0.05, 0) is 19.3 Å². The molecule has 4 heteroatoms. The summed E-state index contributed by atoms with van der Waals surface area (Å²) in [7, 11) is 0. The van der Waals surface area contributed by atoms with Crippen molar-refractivity contribution in [3.05, 3.63) is 24.3 Å². The van der Waals surface area contributed by atoms with Crippen LogP contribution < -0.4 is 5.73 Å². The van der Waals surface area contributed by atoms with E-state index in [-0.39, 0.29) is 6.04 Å². The maximum Gasteiger partial charge on any atom is 0.140 e. The van der Waals surface area contributed by atoms with Crippen LogP contribution in [0.1, 0.15) is 49.9 Å². The van der Waals surface area contributed by atoms with Gasteiger partial charge in [0, 0.05) is 18.0 Å². The minimum absolute atomic E-state index is 0.193. The van der Waals surface area contributed by atoms with Crippen LogP contribution in [0.4, 0.5) is 0 Å². The number of hydrogen-bond acceptors (Lipinski definition) is 3. The molecule has 2 atom stereocenters. The second kappa shape index (κ2) is 4.01. The summed E-state index contributed by atoms with van der Waals surface area (Å²) in [6.45, 7) is 0. The van der Waals surface area contributed by atoms with Crippen molar-refractivity contribution in [2.24, 2.45) is 5.73 Å². The molecule has 0 aromatic carbocycles. The number of allylic oxidation sites excluding steroid dienone is 1. The molecule has 3 rings (SSSR count). The lowest BCUT2D eigenvalue weighted by atomic mass is 10.1. The summed E-state index contributed by atoms with van der Waals surface area (Å²) in [5.41, 5.74) is 5.89. The Bertz CT molecular complexity index is 389.